The minimum atomic E-state index is -0.0991. The number of amides is 1. The van der Waals surface area contributed by atoms with E-state index in [1.54, 1.807) is 9.58 Å². The molecule has 0 radical (unpaired) electrons. The summed E-state index contributed by atoms with van der Waals surface area (Å²) in [6, 6.07) is 18.1. The first kappa shape index (κ1) is 15.3. The average Bonchev–Trinajstić information content (AvgIpc) is 3.32. The van der Waals surface area contributed by atoms with Crippen molar-refractivity contribution >= 4 is 11.6 Å². The number of ether oxygens (including phenoxy) is 1. The van der Waals surface area contributed by atoms with E-state index in [0.29, 0.717) is 25.4 Å². The summed E-state index contributed by atoms with van der Waals surface area (Å²) in [5, 5.41) is 8.41. The molecule has 0 fully saturated rings. The lowest BCUT2D eigenvalue weighted by Crippen LogP contribution is -2.31. The Morgan fingerprint density at radius 2 is 1.88 bits per heavy atom. The van der Waals surface area contributed by atoms with Crippen molar-refractivity contribution in [1.29, 1.82) is 0 Å². The van der Waals surface area contributed by atoms with Gasteiger partial charge >= 0.3 is 0 Å². The second-order valence-electron chi connectivity index (χ2n) is 6.61. The van der Waals surface area contributed by atoms with Crippen LogP contribution in [-0.2, 0) is 24.3 Å². The van der Waals surface area contributed by atoms with E-state index < -0.39 is 0 Å². The maximum absolute atomic E-state index is 13.0. The Morgan fingerprint density at radius 3 is 2.77 bits per heavy atom. The molecule has 0 saturated carbocycles. The summed E-state index contributed by atoms with van der Waals surface area (Å²) < 4.78 is 7.80. The molecule has 2 aromatic carbocycles. The number of benzene rings is 2. The second kappa shape index (κ2) is 6.07. The third-order valence-corrected chi connectivity index (χ3v) is 5.10. The van der Waals surface area contributed by atoms with E-state index in [1.807, 2.05) is 48.5 Å². The number of nitrogens with zero attached hydrogens (tertiary/aromatic N) is 4. The molecule has 0 saturated heterocycles. The predicted octanol–water partition coefficient (Wildman–Crippen LogP) is 2.75. The first-order valence-corrected chi connectivity index (χ1v) is 8.80. The molecule has 1 amide bonds. The van der Waals surface area contributed by atoms with Gasteiger partial charge in [-0.25, -0.2) is 4.68 Å². The average molecular weight is 346 g/mol. The molecule has 0 bridgehead atoms. The topological polar surface area (TPSA) is 60.3 Å². The number of anilines is 1. The van der Waals surface area contributed by atoms with Crippen molar-refractivity contribution < 1.29 is 9.53 Å². The van der Waals surface area contributed by atoms with E-state index in [9.17, 15) is 4.79 Å². The number of para-hydroxylation sites is 1. The minimum Gasteiger partial charge on any atom is -0.365 e. The lowest BCUT2D eigenvalue weighted by Gasteiger charge is -2.24. The summed E-state index contributed by atoms with van der Waals surface area (Å²) in [5.74, 6) is -0.0991. The Balaban J connectivity index is 1.42. The van der Waals surface area contributed by atoms with Gasteiger partial charge in [-0.3, -0.25) is 4.79 Å². The SMILES string of the molecule is O=C(c1nnn2c1CO[C@@H](c1ccccc1)C2)N1CCc2ccccc21. The Kier molecular flexibility index (Phi) is 3.57. The molecule has 6 nitrogen and oxygen atoms in total. The fourth-order valence-corrected chi connectivity index (χ4v) is 3.72. The molecular formula is C20H18N4O2. The molecule has 6 heteroatoms. The number of hydrogen-bond donors (Lipinski definition) is 0. The molecule has 0 spiro atoms. The number of carbonyl (C=O) groups excluding carboxylic acids is 1. The highest BCUT2D eigenvalue weighted by Gasteiger charge is 2.32. The van der Waals surface area contributed by atoms with Crippen LogP contribution in [0, 0.1) is 0 Å². The third-order valence-electron chi connectivity index (χ3n) is 5.10. The second-order valence-corrected chi connectivity index (χ2v) is 6.61. The van der Waals surface area contributed by atoms with Gasteiger partial charge in [0.1, 0.15) is 6.10 Å². The van der Waals surface area contributed by atoms with Gasteiger partial charge in [0.15, 0.2) is 5.69 Å². The van der Waals surface area contributed by atoms with Gasteiger partial charge in [-0.05, 0) is 23.6 Å². The Bertz CT molecular complexity index is 967. The molecule has 130 valence electrons. The van der Waals surface area contributed by atoms with Crippen molar-refractivity contribution in [1.82, 2.24) is 15.0 Å². The zero-order valence-corrected chi connectivity index (χ0v) is 14.2. The minimum absolute atomic E-state index is 0.0686. The monoisotopic (exact) mass is 346 g/mol. The van der Waals surface area contributed by atoms with Crippen LogP contribution < -0.4 is 4.90 Å². The molecule has 0 aliphatic carbocycles. The molecule has 0 N–H and O–H groups in total. The van der Waals surface area contributed by atoms with Crippen molar-refractivity contribution in [2.45, 2.75) is 25.7 Å². The van der Waals surface area contributed by atoms with Crippen LogP contribution in [0.2, 0.25) is 0 Å². The van der Waals surface area contributed by atoms with Crippen LogP contribution in [0.1, 0.15) is 33.4 Å². The van der Waals surface area contributed by atoms with Crippen LogP contribution in [0.15, 0.2) is 54.6 Å². The van der Waals surface area contributed by atoms with Gasteiger partial charge in [0.2, 0.25) is 0 Å². The van der Waals surface area contributed by atoms with Gasteiger partial charge in [0.05, 0.1) is 18.8 Å². The van der Waals surface area contributed by atoms with E-state index in [2.05, 4.69) is 16.4 Å². The van der Waals surface area contributed by atoms with E-state index in [1.165, 1.54) is 5.56 Å². The molecule has 2 aliphatic rings. The van der Waals surface area contributed by atoms with Gasteiger partial charge in [-0.2, -0.15) is 0 Å². The molecule has 1 atom stereocenters. The molecule has 3 heterocycles. The maximum atomic E-state index is 13.0. The molecule has 3 aromatic rings. The number of hydrogen-bond acceptors (Lipinski definition) is 4. The maximum Gasteiger partial charge on any atom is 0.280 e. The first-order valence-electron chi connectivity index (χ1n) is 8.80. The summed E-state index contributed by atoms with van der Waals surface area (Å²) in [5.41, 5.74) is 4.43. The Hall–Kier alpha value is -2.99. The van der Waals surface area contributed by atoms with Crippen molar-refractivity contribution in [3.05, 3.63) is 77.1 Å². The lowest BCUT2D eigenvalue weighted by atomic mass is 10.1. The molecule has 1 aromatic heterocycles. The third kappa shape index (κ3) is 2.42. The van der Waals surface area contributed by atoms with Crippen LogP contribution >= 0.6 is 0 Å². The zero-order valence-electron chi connectivity index (χ0n) is 14.2. The van der Waals surface area contributed by atoms with Crippen LogP contribution in [0.5, 0.6) is 0 Å². The molecule has 26 heavy (non-hydrogen) atoms. The van der Waals surface area contributed by atoms with E-state index in [4.69, 9.17) is 4.74 Å². The fraction of sp³-hybridized carbons (Fsp3) is 0.250. The Morgan fingerprint density at radius 1 is 1.08 bits per heavy atom. The van der Waals surface area contributed by atoms with Crippen LogP contribution in [-0.4, -0.2) is 27.4 Å². The Labute approximate surface area is 151 Å². The van der Waals surface area contributed by atoms with Gasteiger partial charge in [0.25, 0.3) is 5.91 Å². The standard InChI is InChI=1S/C20H18N4O2/c25-20(23-11-10-14-6-4-5-9-16(14)23)19-17-13-26-18(12-24(17)22-21-19)15-7-2-1-3-8-15/h1-9,18H,10-13H2/t18-/m1/s1. The van der Waals surface area contributed by atoms with E-state index in [-0.39, 0.29) is 12.0 Å². The smallest absolute Gasteiger partial charge is 0.280 e. The van der Waals surface area contributed by atoms with Gasteiger partial charge in [-0.1, -0.05) is 53.7 Å². The number of carbonyl (C=O) groups is 1. The van der Waals surface area contributed by atoms with Crippen molar-refractivity contribution in [3.8, 4) is 0 Å². The largest absolute Gasteiger partial charge is 0.365 e. The quantitative estimate of drug-likeness (QED) is 0.716. The number of fused-ring (bicyclic) bond motifs is 2. The summed E-state index contributed by atoms with van der Waals surface area (Å²) in [7, 11) is 0. The highest BCUT2D eigenvalue weighted by Crippen LogP contribution is 2.31. The summed E-state index contributed by atoms with van der Waals surface area (Å²) in [4.78, 5) is 14.8. The summed E-state index contributed by atoms with van der Waals surface area (Å²) in [6.07, 6.45) is 0.804. The summed E-state index contributed by atoms with van der Waals surface area (Å²) in [6.45, 7) is 1.58. The van der Waals surface area contributed by atoms with Gasteiger partial charge < -0.3 is 9.64 Å². The fourth-order valence-electron chi connectivity index (χ4n) is 3.72. The van der Waals surface area contributed by atoms with Crippen LogP contribution in [0.25, 0.3) is 0 Å². The molecular weight excluding hydrogens is 328 g/mol. The molecule has 2 aliphatic heterocycles. The van der Waals surface area contributed by atoms with Gasteiger partial charge in [0, 0.05) is 12.2 Å². The van der Waals surface area contributed by atoms with Crippen molar-refractivity contribution in [2.24, 2.45) is 0 Å². The van der Waals surface area contributed by atoms with Crippen LogP contribution in [0.3, 0.4) is 0 Å². The first-order chi connectivity index (χ1) is 12.8. The zero-order chi connectivity index (χ0) is 17.5. The highest BCUT2D eigenvalue weighted by atomic mass is 16.5. The van der Waals surface area contributed by atoms with Gasteiger partial charge in [-0.15, -0.1) is 5.10 Å². The summed E-state index contributed by atoms with van der Waals surface area (Å²) >= 11 is 0. The van der Waals surface area contributed by atoms with Crippen LogP contribution in [0.4, 0.5) is 5.69 Å². The lowest BCUT2D eigenvalue weighted by molar-refractivity contribution is -0.00173. The van der Waals surface area contributed by atoms with E-state index >= 15 is 0 Å². The molecule has 0 unspecified atom stereocenters. The van der Waals surface area contributed by atoms with Crippen molar-refractivity contribution in [2.75, 3.05) is 11.4 Å². The molecule has 5 rings (SSSR count). The number of rotatable bonds is 2. The normalized spacial score (nSPS) is 18.5. The van der Waals surface area contributed by atoms with E-state index in [0.717, 1.165) is 23.4 Å². The highest BCUT2D eigenvalue weighted by molar-refractivity contribution is 6.06. The van der Waals surface area contributed by atoms with Crippen molar-refractivity contribution in [3.63, 3.8) is 0 Å². The number of aromatic nitrogens is 3. The predicted molar refractivity (Wildman–Crippen MR) is 95.8 cm³/mol.